The minimum Gasteiger partial charge on any atom is -0.496 e. The topological polar surface area (TPSA) is 9.23 Å². The third kappa shape index (κ3) is 4.14. The molecule has 0 aliphatic rings. The number of benzene rings is 2. The van der Waals surface area contributed by atoms with Gasteiger partial charge < -0.3 is 4.74 Å². The molecule has 0 saturated heterocycles. The second-order valence-corrected chi connectivity index (χ2v) is 6.68. The Hall–Kier alpha value is -1.73. The van der Waals surface area contributed by atoms with Gasteiger partial charge in [0.05, 0.1) is 7.11 Å². The first kappa shape index (κ1) is 16.6. The number of halogens is 1. The van der Waals surface area contributed by atoms with Gasteiger partial charge in [0.15, 0.2) is 0 Å². The van der Waals surface area contributed by atoms with Gasteiger partial charge in [-0.05, 0) is 34.2 Å². The molecule has 1 nitrogen and oxygen atoms in total. The summed E-state index contributed by atoms with van der Waals surface area (Å²) in [5.41, 5.74) is 4.79. The van der Waals surface area contributed by atoms with Gasteiger partial charge in [0.2, 0.25) is 0 Å². The predicted molar refractivity (Wildman–Crippen MR) is 96.6 cm³/mol. The molecule has 0 unspecified atom stereocenters. The zero-order valence-corrected chi connectivity index (χ0v) is 14.4. The first-order valence-corrected chi connectivity index (χ1v) is 7.99. The van der Waals surface area contributed by atoms with Crippen molar-refractivity contribution in [3.8, 4) is 5.75 Å². The van der Waals surface area contributed by atoms with Crippen molar-refractivity contribution in [2.45, 2.75) is 32.1 Å². The third-order valence-electron chi connectivity index (χ3n) is 3.69. The lowest BCUT2D eigenvalue weighted by Crippen LogP contribution is -2.11. The van der Waals surface area contributed by atoms with Gasteiger partial charge in [-0.2, -0.15) is 0 Å². The summed E-state index contributed by atoms with van der Waals surface area (Å²) in [4.78, 5) is 0. The van der Waals surface area contributed by atoms with Crippen molar-refractivity contribution in [3.63, 3.8) is 0 Å². The molecule has 0 bridgehead atoms. The fourth-order valence-electron chi connectivity index (χ4n) is 2.23. The van der Waals surface area contributed by atoms with Crippen LogP contribution in [-0.2, 0) is 11.3 Å². The number of ether oxygens (including phenoxy) is 1. The highest BCUT2D eigenvalue weighted by molar-refractivity contribution is 6.17. The largest absolute Gasteiger partial charge is 0.496 e. The first-order chi connectivity index (χ1) is 10.4. The van der Waals surface area contributed by atoms with Gasteiger partial charge in [0.1, 0.15) is 5.75 Å². The Kier molecular flexibility index (Phi) is 5.31. The molecule has 0 aliphatic heterocycles. The van der Waals surface area contributed by atoms with Crippen LogP contribution in [0.5, 0.6) is 5.75 Å². The Morgan fingerprint density at radius 1 is 1.00 bits per heavy atom. The number of methoxy groups -OCH3 is 1. The molecule has 0 spiro atoms. The lowest BCUT2D eigenvalue weighted by molar-refractivity contribution is 0.413. The predicted octanol–water partition coefficient (Wildman–Crippen LogP) is 5.90. The molecule has 22 heavy (non-hydrogen) atoms. The van der Waals surface area contributed by atoms with Crippen molar-refractivity contribution in [2.75, 3.05) is 7.11 Å². The van der Waals surface area contributed by atoms with Crippen LogP contribution in [-0.4, -0.2) is 7.11 Å². The van der Waals surface area contributed by atoms with Crippen LogP contribution in [0.25, 0.3) is 12.2 Å². The highest BCUT2D eigenvalue weighted by atomic mass is 35.5. The second-order valence-electron chi connectivity index (χ2n) is 6.42. The molecule has 0 N–H and O–H groups in total. The lowest BCUT2D eigenvalue weighted by atomic mass is 9.86. The van der Waals surface area contributed by atoms with Crippen LogP contribution >= 0.6 is 11.6 Å². The Labute approximate surface area is 138 Å². The molecule has 0 aromatic heterocycles. The summed E-state index contributed by atoms with van der Waals surface area (Å²) in [6, 6.07) is 14.6. The van der Waals surface area contributed by atoms with E-state index in [0.29, 0.717) is 5.88 Å². The van der Waals surface area contributed by atoms with Crippen LogP contribution < -0.4 is 4.74 Å². The van der Waals surface area contributed by atoms with Crippen LogP contribution in [0, 0.1) is 0 Å². The standard InChI is InChI=1S/C20H23ClO/c1-20(2,3)18-11-12-19(22-4)17(13-18)10-9-15-5-7-16(14-21)8-6-15/h5-13H,14H2,1-4H3/b10-9+. The number of hydrogen-bond acceptors (Lipinski definition) is 1. The number of hydrogen-bond donors (Lipinski definition) is 0. The highest BCUT2D eigenvalue weighted by Gasteiger charge is 2.14. The maximum Gasteiger partial charge on any atom is 0.126 e. The lowest BCUT2D eigenvalue weighted by Gasteiger charge is -2.20. The molecule has 0 fully saturated rings. The molecule has 2 rings (SSSR count). The molecule has 0 atom stereocenters. The molecule has 0 aliphatic carbocycles. The van der Waals surface area contributed by atoms with Gasteiger partial charge in [-0.1, -0.05) is 63.3 Å². The van der Waals surface area contributed by atoms with Crippen LogP contribution in [0.2, 0.25) is 0 Å². The fraction of sp³-hybridized carbons (Fsp3) is 0.300. The van der Waals surface area contributed by atoms with Crippen molar-refractivity contribution in [2.24, 2.45) is 0 Å². The van der Waals surface area contributed by atoms with E-state index in [4.69, 9.17) is 16.3 Å². The quantitative estimate of drug-likeness (QED) is 0.504. The van der Waals surface area contributed by atoms with Crippen LogP contribution in [0.3, 0.4) is 0 Å². The van der Waals surface area contributed by atoms with Crippen molar-refractivity contribution in [3.05, 3.63) is 64.7 Å². The molecule has 116 valence electrons. The van der Waals surface area contributed by atoms with Crippen molar-refractivity contribution in [1.29, 1.82) is 0 Å². The van der Waals surface area contributed by atoms with E-state index in [9.17, 15) is 0 Å². The zero-order valence-electron chi connectivity index (χ0n) is 13.7. The maximum absolute atomic E-state index is 5.82. The summed E-state index contributed by atoms with van der Waals surface area (Å²) < 4.78 is 5.47. The summed E-state index contributed by atoms with van der Waals surface area (Å²) in [6.07, 6.45) is 4.20. The van der Waals surface area contributed by atoms with E-state index in [0.717, 1.165) is 22.4 Å². The molecule has 2 aromatic carbocycles. The molecular weight excluding hydrogens is 292 g/mol. The Morgan fingerprint density at radius 3 is 2.23 bits per heavy atom. The second kappa shape index (κ2) is 7.02. The van der Waals surface area contributed by atoms with Crippen LogP contribution in [0.15, 0.2) is 42.5 Å². The minimum absolute atomic E-state index is 0.122. The monoisotopic (exact) mass is 314 g/mol. The van der Waals surface area contributed by atoms with Crippen LogP contribution in [0.4, 0.5) is 0 Å². The van der Waals surface area contributed by atoms with Crippen LogP contribution in [0.1, 0.15) is 43.0 Å². The van der Waals surface area contributed by atoms with Gasteiger partial charge in [-0.15, -0.1) is 11.6 Å². The van der Waals surface area contributed by atoms with E-state index >= 15 is 0 Å². The minimum atomic E-state index is 0.122. The SMILES string of the molecule is COc1ccc(C(C)(C)C)cc1/C=C/c1ccc(CCl)cc1. The third-order valence-corrected chi connectivity index (χ3v) is 3.99. The van der Waals surface area contributed by atoms with E-state index in [2.05, 4.69) is 69.3 Å². The van der Waals surface area contributed by atoms with Gasteiger partial charge >= 0.3 is 0 Å². The Morgan fingerprint density at radius 2 is 1.68 bits per heavy atom. The zero-order chi connectivity index (χ0) is 16.2. The normalized spacial score (nSPS) is 11.9. The van der Waals surface area contributed by atoms with E-state index in [1.54, 1.807) is 7.11 Å². The van der Waals surface area contributed by atoms with Gasteiger partial charge in [0, 0.05) is 11.4 Å². The average molecular weight is 315 g/mol. The Bertz CT molecular complexity index is 648. The molecule has 2 aromatic rings. The van der Waals surface area contributed by atoms with E-state index in [1.165, 1.54) is 5.56 Å². The Balaban J connectivity index is 2.31. The first-order valence-electron chi connectivity index (χ1n) is 7.45. The number of alkyl halides is 1. The molecule has 0 radical (unpaired) electrons. The summed E-state index contributed by atoms with van der Waals surface area (Å²) in [7, 11) is 1.71. The maximum atomic E-state index is 5.82. The average Bonchev–Trinajstić information content (AvgIpc) is 2.52. The fourth-order valence-corrected chi connectivity index (χ4v) is 2.41. The summed E-state index contributed by atoms with van der Waals surface area (Å²) in [5, 5.41) is 0. The highest BCUT2D eigenvalue weighted by Crippen LogP contribution is 2.29. The molecule has 0 saturated carbocycles. The molecule has 0 amide bonds. The van der Waals surface area contributed by atoms with E-state index < -0.39 is 0 Å². The number of rotatable bonds is 4. The summed E-state index contributed by atoms with van der Waals surface area (Å²) in [5.74, 6) is 1.44. The van der Waals surface area contributed by atoms with Crippen molar-refractivity contribution in [1.82, 2.24) is 0 Å². The van der Waals surface area contributed by atoms with Crippen molar-refractivity contribution < 1.29 is 4.74 Å². The molecule has 0 heterocycles. The molecule has 2 heteroatoms. The van der Waals surface area contributed by atoms with Gasteiger partial charge in [-0.25, -0.2) is 0 Å². The van der Waals surface area contributed by atoms with Gasteiger partial charge in [-0.3, -0.25) is 0 Å². The van der Waals surface area contributed by atoms with Gasteiger partial charge in [0.25, 0.3) is 0 Å². The van der Waals surface area contributed by atoms with Crippen molar-refractivity contribution >= 4 is 23.8 Å². The summed E-state index contributed by atoms with van der Waals surface area (Å²) >= 11 is 5.82. The van der Waals surface area contributed by atoms with E-state index in [1.807, 2.05) is 6.07 Å². The molecular formula is C20H23ClO. The smallest absolute Gasteiger partial charge is 0.126 e. The van der Waals surface area contributed by atoms with E-state index in [-0.39, 0.29) is 5.41 Å². The summed E-state index contributed by atoms with van der Waals surface area (Å²) in [6.45, 7) is 6.65.